The van der Waals surface area contributed by atoms with E-state index in [1.54, 1.807) is 7.11 Å². The molecule has 1 atom stereocenters. The normalized spacial score (nSPS) is 13.3. The van der Waals surface area contributed by atoms with Gasteiger partial charge < -0.3 is 4.74 Å². The summed E-state index contributed by atoms with van der Waals surface area (Å²) in [5.41, 5.74) is 0.866. The molecule has 14 heavy (non-hydrogen) atoms. The lowest BCUT2D eigenvalue weighted by atomic mass is 10.3. The van der Waals surface area contributed by atoms with Crippen LogP contribution in [-0.2, 0) is 4.74 Å². The molecule has 0 aliphatic rings. The van der Waals surface area contributed by atoms with Crippen molar-refractivity contribution >= 4 is 5.69 Å². The second kappa shape index (κ2) is 6.27. The van der Waals surface area contributed by atoms with E-state index in [4.69, 9.17) is 4.74 Å². The third-order valence-corrected chi connectivity index (χ3v) is 1.87. The van der Waals surface area contributed by atoms with Crippen LogP contribution in [0.1, 0.15) is 19.8 Å². The zero-order valence-electron chi connectivity index (χ0n) is 8.68. The van der Waals surface area contributed by atoms with Gasteiger partial charge in [-0.1, -0.05) is 31.5 Å². The van der Waals surface area contributed by atoms with Crippen molar-refractivity contribution < 1.29 is 4.74 Å². The molecule has 0 spiro atoms. The smallest absolute Gasteiger partial charge is 0.168 e. The van der Waals surface area contributed by atoms with E-state index in [2.05, 4.69) is 17.2 Å². The molecule has 0 saturated carbocycles. The van der Waals surface area contributed by atoms with E-state index >= 15 is 0 Å². The molecule has 76 valence electrons. The third kappa shape index (κ3) is 3.66. The van der Waals surface area contributed by atoms with E-state index in [0.717, 1.165) is 18.5 Å². The van der Waals surface area contributed by atoms with E-state index in [0.29, 0.717) is 0 Å². The fourth-order valence-electron chi connectivity index (χ4n) is 1.10. The average molecular weight is 192 g/mol. The monoisotopic (exact) mass is 192 g/mol. The van der Waals surface area contributed by atoms with Gasteiger partial charge in [-0.3, -0.25) is 0 Å². The molecule has 0 bridgehead atoms. The van der Waals surface area contributed by atoms with Gasteiger partial charge in [0.15, 0.2) is 6.23 Å². The minimum absolute atomic E-state index is 0.111. The molecule has 0 saturated heterocycles. The van der Waals surface area contributed by atoms with Gasteiger partial charge in [0.25, 0.3) is 0 Å². The van der Waals surface area contributed by atoms with Crippen LogP contribution in [0.5, 0.6) is 0 Å². The van der Waals surface area contributed by atoms with Crippen molar-refractivity contribution in [2.24, 2.45) is 10.2 Å². The van der Waals surface area contributed by atoms with Crippen molar-refractivity contribution in [1.82, 2.24) is 0 Å². The summed E-state index contributed by atoms with van der Waals surface area (Å²) in [6.45, 7) is 2.10. The van der Waals surface area contributed by atoms with Gasteiger partial charge in [0.1, 0.15) is 0 Å². The van der Waals surface area contributed by atoms with Crippen molar-refractivity contribution in [3.8, 4) is 0 Å². The Labute approximate surface area is 84.8 Å². The zero-order chi connectivity index (χ0) is 10.2. The van der Waals surface area contributed by atoms with E-state index in [1.807, 2.05) is 30.3 Å². The van der Waals surface area contributed by atoms with Gasteiger partial charge in [-0.05, 0) is 18.6 Å². The summed E-state index contributed by atoms with van der Waals surface area (Å²) in [4.78, 5) is 0. The predicted molar refractivity (Wildman–Crippen MR) is 56.7 cm³/mol. The molecule has 0 fully saturated rings. The maximum Gasteiger partial charge on any atom is 0.168 e. The lowest BCUT2D eigenvalue weighted by molar-refractivity contribution is 0.0965. The maximum absolute atomic E-state index is 5.15. The predicted octanol–water partition coefficient (Wildman–Crippen LogP) is 3.54. The molecule has 0 radical (unpaired) electrons. The van der Waals surface area contributed by atoms with Crippen LogP contribution in [0.3, 0.4) is 0 Å². The number of azo groups is 1. The zero-order valence-corrected chi connectivity index (χ0v) is 8.68. The van der Waals surface area contributed by atoms with Gasteiger partial charge in [0, 0.05) is 7.11 Å². The standard InChI is InChI=1S/C11H16N2O/c1-3-7-11(14-2)13-12-10-8-5-4-6-9-10/h4-6,8-9,11H,3,7H2,1-2H3. The summed E-state index contributed by atoms with van der Waals surface area (Å²) < 4.78 is 5.15. The van der Waals surface area contributed by atoms with E-state index in [1.165, 1.54) is 0 Å². The molecule has 1 unspecified atom stereocenters. The molecular formula is C11H16N2O. The van der Waals surface area contributed by atoms with Crippen LogP contribution < -0.4 is 0 Å². The van der Waals surface area contributed by atoms with Crippen molar-refractivity contribution in [2.45, 2.75) is 26.0 Å². The average Bonchev–Trinajstić information content (AvgIpc) is 2.25. The molecule has 1 aromatic rings. The number of methoxy groups -OCH3 is 1. The minimum atomic E-state index is -0.111. The molecule has 1 aromatic carbocycles. The van der Waals surface area contributed by atoms with Crippen LogP contribution >= 0.6 is 0 Å². The van der Waals surface area contributed by atoms with E-state index in [9.17, 15) is 0 Å². The highest BCUT2D eigenvalue weighted by Gasteiger charge is 2.01. The topological polar surface area (TPSA) is 34.0 Å². The number of ether oxygens (including phenoxy) is 1. The molecule has 0 aliphatic carbocycles. The summed E-state index contributed by atoms with van der Waals surface area (Å²) in [7, 11) is 1.66. The number of benzene rings is 1. The van der Waals surface area contributed by atoms with Gasteiger partial charge in [0.2, 0.25) is 0 Å². The first-order valence-electron chi connectivity index (χ1n) is 4.85. The second-order valence-corrected chi connectivity index (χ2v) is 3.03. The first-order valence-corrected chi connectivity index (χ1v) is 4.85. The highest BCUT2D eigenvalue weighted by Crippen LogP contribution is 2.12. The Balaban J connectivity index is 2.53. The molecule has 1 rings (SSSR count). The van der Waals surface area contributed by atoms with Gasteiger partial charge in [-0.15, -0.1) is 0 Å². The van der Waals surface area contributed by atoms with Crippen molar-refractivity contribution in [1.29, 1.82) is 0 Å². The first-order chi connectivity index (χ1) is 6.86. The first kappa shape index (κ1) is 10.9. The number of rotatable bonds is 5. The van der Waals surface area contributed by atoms with Crippen LogP contribution in [0.25, 0.3) is 0 Å². The molecule has 0 amide bonds. The Kier molecular flexibility index (Phi) is 4.86. The van der Waals surface area contributed by atoms with Gasteiger partial charge in [0.05, 0.1) is 5.69 Å². The fourth-order valence-corrected chi connectivity index (χ4v) is 1.10. The maximum atomic E-state index is 5.15. The third-order valence-electron chi connectivity index (χ3n) is 1.87. The second-order valence-electron chi connectivity index (χ2n) is 3.03. The fraction of sp³-hybridized carbons (Fsp3) is 0.455. The number of nitrogens with zero attached hydrogens (tertiary/aromatic N) is 2. The summed E-state index contributed by atoms with van der Waals surface area (Å²) >= 11 is 0. The molecule has 0 aliphatic heterocycles. The number of hydrogen-bond acceptors (Lipinski definition) is 3. The van der Waals surface area contributed by atoms with Crippen LogP contribution in [0.4, 0.5) is 5.69 Å². The Morgan fingerprint density at radius 2 is 2.00 bits per heavy atom. The quantitative estimate of drug-likeness (QED) is 0.657. The van der Waals surface area contributed by atoms with Gasteiger partial charge in [-0.2, -0.15) is 10.2 Å². The molecule has 3 nitrogen and oxygen atoms in total. The summed E-state index contributed by atoms with van der Waals surface area (Å²) in [6.07, 6.45) is 1.85. The highest BCUT2D eigenvalue weighted by atomic mass is 16.5. The van der Waals surface area contributed by atoms with Crippen LogP contribution in [-0.4, -0.2) is 13.3 Å². The summed E-state index contributed by atoms with van der Waals surface area (Å²) in [5.74, 6) is 0. The lowest BCUT2D eigenvalue weighted by Crippen LogP contribution is -2.04. The van der Waals surface area contributed by atoms with Crippen molar-refractivity contribution in [2.75, 3.05) is 7.11 Å². The Morgan fingerprint density at radius 3 is 2.57 bits per heavy atom. The summed E-state index contributed by atoms with van der Waals surface area (Å²) in [5, 5.41) is 8.20. The van der Waals surface area contributed by atoms with Crippen LogP contribution in [0.15, 0.2) is 40.6 Å². The highest BCUT2D eigenvalue weighted by molar-refractivity contribution is 5.34. The largest absolute Gasteiger partial charge is 0.358 e. The molecule has 0 heterocycles. The molecule has 3 heteroatoms. The minimum Gasteiger partial charge on any atom is -0.358 e. The van der Waals surface area contributed by atoms with Gasteiger partial charge >= 0.3 is 0 Å². The van der Waals surface area contributed by atoms with E-state index in [-0.39, 0.29) is 6.23 Å². The Morgan fingerprint density at radius 1 is 1.29 bits per heavy atom. The number of hydrogen-bond donors (Lipinski definition) is 0. The molecule has 0 N–H and O–H groups in total. The van der Waals surface area contributed by atoms with Crippen molar-refractivity contribution in [3.05, 3.63) is 30.3 Å². The molecule has 0 aromatic heterocycles. The lowest BCUT2D eigenvalue weighted by Gasteiger charge is -2.06. The SMILES string of the molecule is CCCC(N=Nc1ccccc1)OC. The molecular weight excluding hydrogens is 176 g/mol. The van der Waals surface area contributed by atoms with Gasteiger partial charge in [-0.25, -0.2) is 0 Å². The Bertz CT molecular complexity index is 272. The van der Waals surface area contributed by atoms with E-state index < -0.39 is 0 Å². The van der Waals surface area contributed by atoms with Crippen LogP contribution in [0.2, 0.25) is 0 Å². The summed E-state index contributed by atoms with van der Waals surface area (Å²) in [6, 6.07) is 9.68. The Hall–Kier alpha value is -1.22. The van der Waals surface area contributed by atoms with Crippen molar-refractivity contribution in [3.63, 3.8) is 0 Å². The van der Waals surface area contributed by atoms with Crippen LogP contribution in [0, 0.1) is 0 Å².